The number of likely N-dealkylation sites (tertiary alicyclic amines) is 1. The minimum absolute atomic E-state index is 0.00806. The van der Waals surface area contributed by atoms with Crippen LogP contribution >= 0.6 is 0 Å². The lowest BCUT2D eigenvalue weighted by Crippen LogP contribution is -2.58. The molecule has 3 rings (SSSR count). The molecule has 0 aromatic heterocycles. The third-order valence-corrected chi connectivity index (χ3v) is 5.85. The van der Waals surface area contributed by atoms with E-state index < -0.39 is 24.0 Å². The molecule has 1 heterocycles. The van der Waals surface area contributed by atoms with Crippen LogP contribution in [0.5, 0.6) is 5.75 Å². The molecule has 0 spiro atoms. The van der Waals surface area contributed by atoms with Crippen LogP contribution in [0.1, 0.15) is 24.8 Å². The molecule has 2 aliphatic rings. The zero-order valence-corrected chi connectivity index (χ0v) is 19.3. The summed E-state index contributed by atoms with van der Waals surface area (Å²) in [5.74, 6) is -1.63. The fourth-order valence-electron chi connectivity index (χ4n) is 4.29. The monoisotopic (exact) mass is 506 g/mol. The van der Waals surface area contributed by atoms with Gasteiger partial charge in [0.1, 0.15) is 11.6 Å². The second-order valence-electron chi connectivity index (χ2n) is 8.67. The van der Waals surface area contributed by atoms with Gasteiger partial charge in [-0.1, -0.05) is 6.07 Å². The lowest BCUT2D eigenvalue weighted by molar-refractivity contribution is -0.274. The molecule has 1 saturated carbocycles. The lowest BCUT2D eigenvalue weighted by atomic mass is 9.94. The molecular formula is C22H30F4N4O5. The van der Waals surface area contributed by atoms with Gasteiger partial charge in [0.2, 0.25) is 0 Å². The van der Waals surface area contributed by atoms with Gasteiger partial charge in [-0.05, 0) is 25.3 Å². The van der Waals surface area contributed by atoms with Crippen molar-refractivity contribution in [1.29, 1.82) is 0 Å². The van der Waals surface area contributed by atoms with Gasteiger partial charge in [0.05, 0.1) is 19.3 Å². The SMILES string of the molecule is COCC1CC(N(C(=O)NCc2ccc(OC(F)(F)F)cc2F)C2CC2)CN(C(=O)NCCO)C1. The second kappa shape index (κ2) is 11.8. The Hall–Kier alpha value is -2.80. The molecule has 2 unspecified atom stereocenters. The van der Waals surface area contributed by atoms with Gasteiger partial charge >= 0.3 is 18.4 Å². The zero-order valence-electron chi connectivity index (χ0n) is 19.3. The van der Waals surface area contributed by atoms with Crippen molar-refractivity contribution in [1.82, 2.24) is 20.4 Å². The van der Waals surface area contributed by atoms with Crippen molar-refractivity contribution in [2.45, 2.75) is 44.3 Å². The number of aliphatic hydroxyl groups excluding tert-OH is 1. The minimum Gasteiger partial charge on any atom is -0.406 e. The van der Waals surface area contributed by atoms with E-state index in [0.717, 1.165) is 25.0 Å². The molecular weight excluding hydrogens is 476 g/mol. The van der Waals surface area contributed by atoms with Crippen molar-refractivity contribution in [3.05, 3.63) is 29.6 Å². The number of alkyl halides is 3. The van der Waals surface area contributed by atoms with Gasteiger partial charge in [-0.3, -0.25) is 0 Å². The smallest absolute Gasteiger partial charge is 0.406 e. The van der Waals surface area contributed by atoms with Crippen LogP contribution in [-0.4, -0.2) is 85.4 Å². The molecule has 1 aliphatic carbocycles. The van der Waals surface area contributed by atoms with Crippen LogP contribution in [-0.2, 0) is 11.3 Å². The first-order valence-electron chi connectivity index (χ1n) is 11.3. The number of rotatable bonds is 9. The summed E-state index contributed by atoms with van der Waals surface area (Å²) in [6, 6.07) is 1.62. The highest BCUT2D eigenvalue weighted by Gasteiger charge is 2.42. The Morgan fingerprint density at radius 3 is 2.54 bits per heavy atom. The third-order valence-electron chi connectivity index (χ3n) is 5.85. The Morgan fingerprint density at radius 2 is 1.94 bits per heavy atom. The number of nitrogens with one attached hydrogen (secondary N) is 2. The van der Waals surface area contributed by atoms with Crippen LogP contribution in [0.25, 0.3) is 0 Å². The number of benzene rings is 1. The number of carbonyl (C=O) groups excluding carboxylic acids is 2. The number of halogens is 4. The molecule has 35 heavy (non-hydrogen) atoms. The summed E-state index contributed by atoms with van der Waals surface area (Å²) >= 11 is 0. The number of ether oxygens (including phenoxy) is 2. The van der Waals surface area contributed by atoms with E-state index in [4.69, 9.17) is 9.84 Å². The number of urea groups is 2. The van der Waals surface area contributed by atoms with E-state index in [1.807, 2.05) is 0 Å². The quantitative estimate of drug-likeness (QED) is 0.447. The van der Waals surface area contributed by atoms with E-state index in [1.165, 1.54) is 0 Å². The first kappa shape index (κ1) is 26.8. The molecule has 1 saturated heterocycles. The van der Waals surface area contributed by atoms with Crippen LogP contribution in [0.4, 0.5) is 27.2 Å². The topological polar surface area (TPSA) is 103 Å². The molecule has 13 heteroatoms. The normalized spacial score (nSPS) is 20.3. The van der Waals surface area contributed by atoms with Crippen molar-refractivity contribution < 1.29 is 41.7 Å². The van der Waals surface area contributed by atoms with Crippen LogP contribution < -0.4 is 15.4 Å². The van der Waals surface area contributed by atoms with E-state index in [2.05, 4.69) is 15.4 Å². The van der Waals surface area contributed by atoms with Gasteiger partial charge in [0.15, 0.2) is 0 Å². The summed E-state index contributed by atoms with van der Waals surface area (Å²) in [4.78, 5) is 28.9. The van der Waals surface area contributed by atoms with Crippen molar-refractivity contribution in [3.8, 4) is 5.75 Å². The molecule has 0 radical (unpaired) electrons. The lowest BCUT2D eigenvalue weighted by Gasteiger charge is -2.42. The molecule has 1 aliphatic heterocycles. The molecule has 3 N–H and O–H groups in total. The predicted molar refractivity (Wildman–Crippen MR) is 116 cm³/mol. The summed E-state index contributed by atoms with van der Waals surface area (Å²) in [6.07, 6.45) is -2.73. The number of nitrogens with zero attached hydrogens (tertiary/aromatic N) is 2. The number of carbonyl (C=O) groups is 2. The van der Waals surface area contributed by atoms with Gasteiger partial charge in [0.25, 0.3) is 0 Å². The summed E-state index contributed by atoms with van der Waals surface area (Å²) in [5, 5.41) is 14.3. The molecule has 9 nitrogen and oxygen atoms in total. The number of methoxy groups -OCH3 is 1. The number of aliphatic hydroxyl groups is 1. The zero-order chi connectivity index (χ0) is 25.6. The van der Waals surface area contributed by atoms with E-state index in [-0.39, 0.29) is 49.3 Å². The van der Waals surface area contributed by atoms with E-state index >= 15 is 0 Å². The largest absolute Gasteiger partial charge is 0.573 e. The molecule has 1 aromatic rings. The molecule has 2 fully saturated rings. The van der Waals surface area contributed by atoms with Crippen molar-refractivity contribution in [2.24, 2.45) is 5.92 Å². The first-order chi connectivity index (χ1) is 16.6. The maximum Gasteiger partial charge on any atom is 0.573 e. The second-order valence-corrected chi connectivity index (χ2v) is 8.67. The van der Waals surface area contributed by atoms with E-state index in [9.17, 15) is 27.2 Å². The summed E-state index contributed by atoms with van der Waals surface area (Å²) in [6.45, 7) is 0.826. The molecule has 2 atom stereocenters. The maximum absolute atomic E-state index is 14.3. The number of amides is 4. The minimum atomic E-state index is -4.93. The highest BCUT2D eigenvalue weighted by atomic mass is 19.4. The molecule has 0 bridgehead atoms. The van der Waals surface area contributed by atoms with E-state index in [1.54, 1.807) is 16.9 Å². The predicted octanol–water partition coefficient (Wildman–Crippen LogP) is 2.44. The summed E-state index contributed by atoms with van der Waals surface area (Å²) < 4.78 is 60.3. The van der Waals surface area contributed by atoms with Gasteiger partial charge in [-0.25, -0.2) is 14.0 Å². The molecule has 196 valence electrons. The highest BCUT2D eigenvalue weighted by Crippen LogP contribution is 2.33. The number of piperidine rings is 1. The number of hydrogen-bond acceptors (Lipinski definition) is 5. The van der Waals surface area contributed by atoms with Gasteiger partial charge in [-0.15, -0.1) is 13.2 Å². The van der Waals surface area contributed by atoms with Crippen LogP contribution in [0.2, 0.25) is 0 Å². The Kier molecular flexibility index (Phi) is 9.00. The van der Waals surface area contributed by atoms with Crippen LogP contribution in [0.3, 0.4) is 0 Å². The standard InChI is InChI=1S/C22H30F4N4O5/c1-34-13-14-8-17(12-29(11-14)20(32)27-6-7-31)30(16-3-4-16)21(33)28-10-15-2-5-18(9-19(15)23)35-22(24,25)26/h2,5,9,14,16-17,31H,3-4,6-8,10-13H2,1H3,(H,27,32)(H,28,33). The summed E-state index contributed by atoms with van der Waals surface area (Å²) in [5.41, 5.74) is 0.00883. The highest BCUT2D eigenvalue weighted by molar-refractivity contribution is 5.76. The fourth-order valence-corrected chi connectivity index (χ4v) is 4.29. The maximum atomic E-state index is 14.3. The summed E-state index contributed by atoms with van der Waals surface area (Å²) in [7, 11) is 1.56. The Labute approximate surface area is 200 Å². The number of hydrogen-bond donors (Lipinski definition) is 3. The van der Waals surface area contributed by atoms with Gasteiger partial charge < -0.3 is 35.0 Å². The molecule has 1 aromatic carbocycles. The van der Waals surface area contributed by atoms with Crippen LogP contribution in [0, 0.1) is 11.7 Å². The Morgan fingerprint density at radius 1 is 1.20 bits per heavy atom. The third kappa shape index (κ3) is 7.85. The van der Waals surface area contributed by atoms with Crippen molar-refractivity contribution in [2.75, 3.05) is 40.0 Å². The van der Waals surface area contributed by atoms with Gasteiger partial charge in [0, 0.05) is 56.9 Å². The Bertz CT molecular complexity index is 884. The molecule has 4 amide bonds. The van der Waals surface area contributed by atoms with Crippen LogP contribution in [0.15, 0.2) is 18.2 Å². The Balaban J connectivity index is 1.67. The fraction of sp³-hybridized carbons (Fsp3) is 0.636. The average molecular weight is 506 g/mol. The van der Waals surface area contributed by atoms with Crippen molar-refractivity contribution in [3.63, 3.8) is 0 Å². The average Bonchev–Trinajstić information content (AvgIpc) is 3.61. The first-order valence-corrected chi connectivity index (χ1v) is 11.3. The van der Waals surface area contributed by atoms with E-state index in [0.29, 0.717) is 32.2 Å². The van der Waals surface area contributed by atoms with Crippen molar-refractivity contribution >= 4 is 12.1 Å². The van der Waals surface area contributed by atoms with Gasteiger partial charge in [-0.2, -0.15) is 0 Å².